The van der Waals surface area contributed by atoms with E-state index in [1.165, 1.54) is 0 Å². The quantitative estimate of drug-likeness (QED) is 0.826. The van der Waals surface area contributed by atoms with Crippen molar-refractivity contribution in [3.05, 3.63) is 29.3 Å². The fraction of sp³-hybridized carbons (Fsp3) is 0.364. The van der Waals surface area contributed by atoms with Crippen molar-refractivity contribution in [1.29, 1.82) is 5.26 Å². The lowest BCUT2D eigenvalue weighted by Crippen LogP contribution is -2.19. The summed E-state index contributed by atoms with van der Waals surface area (Å²) in [5, 5.41) is 12.0. The zero-order valence-corrected chi connectivity index (χ0v) is 10.3. The number of methoxy groups -OCH3 is 1. The summed E-state index contributed by atoms with van der Waals surface area (Å²) in [6.07, 6.45) is 0. The molecule has 0 aliphatic heterocycles. The summed E-state index contributed by atoms with van der Waals surface area (Å²) >= 11 is 11.2. The predicted molar refractivity (Wildman–Crippen MR) is 64.9 cm³/mol. The number of alkyl halides is 2. The van der Waals surface area contributed by atoms with E-state index < -0.39 is 4.84 Å². The van der Waals surface area contributed by atoms with Gasteiger partial charge in [-0.2, -0.15) is 5.26 Å². The number of hydrogen-bond donors (Lipinski definition) is 1. The molecule has 0 spiro atoms. The Bertz CT molecular complexity index is 388. The maximum Gasteiger partial charge on any atom is 0.136 e. The molecule has 5 heteroatoms. The highest BCUT2D eigenvalue weighted by molar-refractivity contribution is 6.44. The molecule has 0 atom stereocenters. The van der Waals surface area contributed by atoms with Crippen molar-refractivity contribution in [2.75, 3.05) is 13.7 Å². The van der Waals surface area contributed by atoms with Crippen LogP contribution < -0.4 is 10.1 Å². The van der Waals surface area contributed by atoms with Gasteiger partial charge in [0.1, 0.15) is 16.7 Å². The van der Waals surface area contributed by atoms with Crippen molar-refractivity contribution in [2.45, 2.75) is 11.4 Å². The largest absolute Gasteiger partial charge is 0.495 e. The van der Waals surface area contributed by atoms with Gasteiger partial charge >= 0.3 is 0 Å². The summed E-state index contributed by atoms with van der Waals surface area (Å²) in [6, 6.07) is 7.53. The van der Waals surface area contributed by atoms with Crippen molar-refractivity contribution in [2.24, 2.45) is 0 Å². The van der Waals surface area contributed by atoms with Gasteiger partial charge in [0, 0.05) is 13.1 Å². The molecule has 0 saturated carbocycles. The normalized spacial score (nSPS) is 10.2. The molecule has 0 radical (unpaired) electrons. The summed E-state index contributed by atoms with van der Waals surface area (Å²) in [5.41, 5.74) is 1.52. The van der Waals surface area contributed by atoms with Gasteiger partial charge in [-0.15, -0.1) is 23.2 Å². The van der Waals surface area contributed by atoms with Crippen molar-refractivity contribution in [3.63, 3.8) is 0 Å². The number of nitriles is 1. The number of benzene rings is 1. The monoisotopic (exact) mass is 258 g/mol. The molecule has 0 heterocycles. The van der Waals surface area contributed by atoms with Crippen LogP contribution in [0.25, 0.3) is 0 Å². The minimum absolute atomic E-state index is 0.423. The van der Waals surface area contributed by atoms with Crippen LogP contribution in [0.5, 0.6) is 5.75 Å². The van der Waals surface area contributed by atoms with Gasteiger partial charge in [0.05, 0.1) is 12.7 Å². The zero-order valence-electron chi connectivity index (χ0n) is 8.84. The van der Waals surface area contributed by atoms with Crippen molar-refractivity contribution in [1.82, 2.24) is 5.32 Å². The van der Waals surface area contributed by atoms with Crippen LogP contribution in [-0.4, -0.2) is 18.5 Å². The van der Waals surface area contributed by atoms with E-state index in [1.807, 2.05) is 6.07 Å². The van der Waals surface area contributed by atoms with Crippen molar-refractivity contribution in [3.8, 4) is 11.8 Å². The molecule has 0 saturated heterocycles. The van der Waals surface area contributed by atoms with E-state index in [0.717, 1.165) is 5.56 Å². The smallest absolute Gasteiger partial charge is 0.136 e. The molecule has 0 amide bonds. The Labute approximate surface area is 105 Å². The first-order valence-corrected chi connectivity index (χ1v) is 5.60. The lowest BCUT2D eigenvalue weighted by molar-refractivity contribution is 0.413. The third-order valence-electron chi connectivity index (χ3n) is 2.01. The van der Waals surface area contributed by atoms with E-state index in [2.05, 4.69) is 11.4 Å². The average Bonchev–Trinajstić information content (AvgIpc) is 2.28. The lowest BCUT2D eigenvalue weighted by atomic mass is 10.1. The predicted octanol–water partition coefficient (Wildman–Crippen LogP) is 2.46. The highest BCUT2D eigenvalue weighted by atomic mass is 35.5. The van der Waals surface area contributed by atoms with Gasteiger partial charge in [-0.25, -0.2) is 0 Å². The molecule has 0 aromatic heterocycles. The molecule has 86 valence electrons. The second-order valence-corrected chi connectivity index (χ2v) is 4.45. The molecule has 1 N–H and O–H groups in total. The van der Waals surface area contributed by atoms with Crippen LogP contribution in [0.3, 0.4) is 0 Å². The average molecular weight is 259 g/mol. The highest BCUT2D eigenvalue weighted by Crippen LogP contribution is 2.18. The van der Waals surface area contributed by atoms with Crippen molar-refractivity contribution >= 4 is 23.2 Å². The van der Waals surface area contributed by atoms with Crippen LogP contribution in [-0.2, 0) is 6.54 Å². The molecular formula is C11H12Cl2N2O. The molecule has 1 rings (SSSR count). The third-order valence-corrected chi connectivity index (χ3v) is 2.32. The van der Waals surface area contributed by atoms with Crippen LogP contribution >= 0.6 is 23.2 Å². The van der Waals surface area contributed by atoms with Crippen LogP contribution in [0.15, 0.2) is 18.2 Å². The van der Waals surface area contributed by atoms with Gasteiger partial charge in [-0.05, 0) is 17.7 Å². The summed E-state index contributed by atoms with van der Waals surface area (Å²) < 4.78 is 5.05. The molecular weight excluding hydrogens is 247 g/mol. The Balaban J connectivity index is 2.65. The number of rotatable bonds is 5. The van der Waals surface area contributed by atoms with Gasteiger partial charge in [-0.1, -0.05) is 6.07 Å². The van der Waals surface area contributed by atoms with Crippen molar-refractivity contribution < 1.29 is 4.74 Å². The summed E-state index contributed by atoms with van der Waals surface area (Å²) in [6.45, 7) is 1.13. The first-order valence-electron chi connectivity index (χ1n) is 4.73. The second kappa shape index (κ2) is 6.59. The topological polar surface area (TPSA) is 45.0 Å². The SMILES string of the molecule is COc1ccc(CNCC(Cl)Cl)cc1C#N. The van der Waals surface area contributed by atoms with Gasteiger partial charge < -0.3 is 10.1 Å². The van der Waals surface area contributed by atoms with Crippen LogP contribution in [0.4, 0.5) is 0 Å². The fourth-order valence-electron chi connectivity index (χ4n) is 1.28. The number of nitrogens with zero attached hydrogens (tertiary/aromatic N) is 1. The van der Waals surface area contributed by atoms with Gasteiger partial charge in [-0.3, -0.25) is 0 Å². The Morgan fingerprint density at radius 2 is 2.25 bits per heavy atom. The molecule has 1 aromatic rings. The highest BCUT2D eigenvalue weighted by Gasteiger charge is 2.04. The lowest BCUT2D eigenvalue weighted by Gasteiger charge is -2.07. The summed E-state index contributed by atoms with van der Waals surface area (Å²) in [4.78, 5) is -0.423. The number of hydrogen-bond acceptors (Lipinski definition) is 3. The van der Waals surface area contributed by atoms with Gasteiger partial charge in [0.25, 0.3) is 0 Å². The Morgan fingerprint density at radius 3 is 2.81 bits per heavy atom. The minimum Gasteiger partial charge on any atom is -0.495 e. The second-order valence-electron chi connectivity index (χ2n) is 3.17. The number of nitrogens with one attached hydrogen (secondary N) is 1. The fourth-order valence-corrected chi connectivity index (χ4v) is 1.50. The maximum absolute atomic E-state index is 8.90. The van der Waals surface area contributed by atoms with Crippen LogP contribution in [0, 0.1) is 11.3 Å². The van der Waals surface area contributed by atoms with E-state index in [1.54, 1.807) is 19.2 Å². The molecule has 0 aliphatic rings. The van der Waals surface area contributed by atoms with E-state index in [4.69, 9.17) is 33.2 Å². The first-order chi connectivity index (χ1) is 7.67. The molecule has 0 bridgehead atoms. The summed E-state index contributed by atoms with van der Waals surface area (Å²) in [7, 11) is 1.54. The first kappa shape index (κ1) is 13.1. The molecule has 16 heavy (non-hydrogen) atoms. The number of halogens is 2. The minimum atomic E-state index is -0.423. The Hall–Kier alpha value is -0.950. The van der Waals surface area contributed by atoms with Gasteiger partial charge in [0.15, 0.2) is 0 Å². The van der Waals surface area contributed by atoms with Crippen LogP contribution in [0.2, 0.25) is 0 Å². The summed E-state index contributed by atoms with van der Waals surface area (Å²) in [5.74, 6) is 0.582. The zero-order chi connectivity index (χ0) is 12.0. The van der Waals surface area contributed by atoms with E-state index in [9.17, 15) is 0 Å². The Kier molecular flexibility index (Phi) is 5.41. The van der Waals surface area contributed by atoms with E-state index >= 15 is 0 Å². The number of ether oxygens (including phenoxy) is 1. The molecule has 1 aromatic carbocycles. The van der Waals surface area contributed by atoms with E-state index in [0.29, 0.717) is 24.4 Å². The van der Waals surface area contributed by atoms with Gasteiger partial charge in [0.2, 0.25) is 0 Å². The van der Waals surface area contributed by atoms with Crippen LogP contribution in [0.1, 0.15) is 11.1 Å². The molecule has 3 nitrogen and oxygen atoms in total. The Morgan fingerprint density at radius 1 is 1.50 bits per heavy atom. The van der Waals surface area contributed by atoms with E-state index in [-0.39, 0.29) is 0 Å². The third kappa shape index (κ3) is 3.90. The molecule has 0 fully saturated rings. The standard InChI is InChI=1S/C11H12Cl2N2O/c1-16-10-3-2-8(4-9(10)5-14)6-15-7-11(12)13/h2-4,11,15H,6-7H2,1H3. The molecule has 0 unspecified atom stereocenters. The molecule has 0 aliphatic carbocycles. The maximum atomic E-state index is 8.90.